The van der Waals surface area contributed by atoms with Crippen LogP contribution in [0.4, 0.5) is 0 Å². The molecule has 0 radical (unpaired) electrons. The lowest BCUT2D eigenvalue weighted by molar-refractivity contribution is 0.0730. The van der Waals surface area contributed by atoms with Crippen molar-refractivity contribution in [3.8, 4) is 5.75 Å². The Hall–Kier alpha value is -1.59. The first-order chi connectivity index (χ1) is 14.0. The summed E-state index contributed by atoms with van der Waals surface area (Å²) in [4.78, 5) is 14.0. The second-order valence-corrected chi connectivity index (χ2v) is 10.3. The van der Waals surface area contributed by atoms with Crippen molar-refractivity contribution in [2.45, 2.75) is 10.6 Å². The Bertz CT molecular complexity index is 910. The minimum absolute atomic E-state index is 0.0809. The van der Waals surface area contributed by atoms with E-state index in [0.29, 0.717) is 38.6 Å². The molecule has 1 aromatic heterocycles. The molecule has 3 rings (SSSR count). The Labute approximate surface area is 179 Å². The van der Waals surface area contributed by atoms with Gasteiger partial charge in [-0.3, -0.25) is 4.79 Å². The SMILES string of the molecule is COc1ccc(S(=O)(=O)N2CCOCC2)cc1C(=O)NCCSCc1cccs1. The highest BCUT2D eigenvalue weighted by molar-refractivity contribution is 7.98. The molecule has 1 N–H and O–H groups in total. The number of nitrogens with zero attached hydrogens (tertiary/aromatic N) is 1. The summed E-state index contributed by atoms with van der Waals surface area (Å²) in [6, 6.07) is 8.48. The Morgan fingerprint density at radius 1 is 1.31 bits per heavy atom. The number of benzene rings is 1. The Balaban J connectivity index is 1.63. The summed E-state index contributed by atoms with van der Waals surface area (Å²) in [5.74, 6) is 1.66. The first-order valence-electron chi connectivity index (χ1n) is 9.16. The summed E-state index contributed by atoms with van der Waals surface area (Å²) < 4.78 is 37.6. The van der Waals surface area contributed by atoms with Crippen molar-refractivity contribution < 1.29 is 22.7 Å². The van der Waals surface area contributed by atoms with Crippen LogP contribution in [0.25, 0.3) is 0 Å². The summed E-state index contributed by atoms with van der Waals surface area (Å²) in [6.07, 6.45) is 0. The summed E-state index contributed by atoms with van der Waals surface area (Å²) >= 11 is 3.45. The van der Waals surface area contributed by atoms with E-state index in [1.54, 1.807) is 23.1 Å². The summed E-state index contributed by atoms with van der Waals surface area (Å²) in [5.41, 5.74) is 0.213. The van der Waals surface area contributed by atoms with E-state index in [2.05, 4.69) is 11.4 Å². The van der Waals surface area contributed by atoms with Gasteiger partial charge in [-0.15, -0.1) is 11.3 Å². The molecule has 1 aliphatic heterocycles. The molecule has 1 fully saturated rings. The lowest BCUT2D eigenvalue weighted by Gasteiger charge is -2.26. The van der Waals surface area contributed by atoms with Gasteiger partial charge in [0.2, 0.25) is 10.0 Å². The minimum Gasteiger partial charge on any atom is -0.496 e. The standard InChI is InChI=1S/C19H24N2O5S3/c1-25-18-5-4-16(29(23,24)21-7-9-26-10-8-21)13-17(18)19(22)20-6-12-27-14-15-3-2-11-28-15/h2-5,11,13H,6-10,12,14H2,1H3,(H,20,22). The number of thioether (sulfide) groups is 1. The zero-order valence-corrected chi connectivity index (χ0v) is 18.6. The van der Waals surface area contributed by atoms with E-state index in [0.717, 1.165) is 11.5 Å². The summed E-state index contributed by atoms with van der Waals surface area (Å²) in [6.45, 7) is 1.82. The molecule has 1 amide bonds. The van der Waals surface area contributed by atoms with Crippen molar-refractivity contribution in [3.05, 3.63) is 46.2 Å². The molecule has 0 unspecified atom stereocenters. The van der Waals surface area contributed by atoms with Crippen LogP contribution in [0.1, 0.15) is 15.2 Å². The molecule has 1 aromatic carbocycles. The maximum atomic E-state index is 12.9. The van der Waals surface area contributed by atoms with Crippen LogP contribution < -0.4 is 10.1 Å². The molecule has 0 saturated carbocycles. The van der Waals surface area contributed by atoms with Crippen molar-refractivity contribution >= 4 is 39.0 Å². The third kappa shape index (κ3) is 5.73. The number of hydrogen-bond donors (Lipinski definition) is 1. The number of nitrogens with one attached hydrogen (secondary N) is 1. The lowest BCUT2D eigenvalue weighted by atomic mass is 10.2. The second-order valence-electron chi connectivity index (χ2n) is 6.27. The van der Waals surface area contributed by atoms with Crippen LogP contribution >= 0.6 is 23.1 Å². The third-order valence-electron chi connectivity index (χ3n) is 4.38. The third-order valence-corrected chi connectivity index (χ3v) is 8.34. The van der Waals surface area contributed by atoms with E-state index >= 15 is 0 Å². The smallest absolute Gasteiger partial charge is 0.255 e. The Morgan fingerprint density at radius 3 is 2.79 bits per heavy atom. The van der Waals surface area contributed by atoms with Crippen LogP contribution in [0, 0.1) is 0 Å². The van der Waals surface area contributed by atoms with E-state index in [4.69, 9.17) is 9.47 Å². The number of sulfonamides is 1. The predicted molar refractivity (Wildman–Crippen MR) is 115 cm³/mol. The van der Waals surface area contributed by atoms with E-state index in [1.807, 2.05) is 11.4 Å². The van der Waals surface area contributed by atoms with Crippen LogP contribution in [0.5, 0.6) is 5.75 Å². The number of rotatable bonds is 9. The number of thiophene rings is 1. The maximum Gasteiger partial charge on any atom is 0.255 e. The molecule has 2 heterocycles. The number of carbonyl (C=O) groups is 1. The van der Waals surface area contributed by atoms with Crippen molar-refractivity contribution in [2.75, 3.05) is 45.7 Å². The predicted octanol–water partition coefficient (Wildman–Crippen LogP) is 2.44. The second kappa shape index (κ2) is 10.4. The first kappa shape index (κ1) is 22.1. The number of morpholine rings is 1. The average Bonchev–Trinajstić information content (AvgIpc) is 3.27. The maximum absolute atomic E-state index is 12.9. The summed E-state index contributed by atoms with van der Waals surface area (Å²) in [7, 11) is -2.22. The minimum atomic E-state index is -3.68. The first-order valence-corrected chi connectivity index (χ1v) is 12.6. The molecular formula is C19H24N2O5S3. The van der Waals surface area contributed by atoms with Gasteiger partial charge in [-0.05, 0) is 29.6 Å². The van der Waals surface area contributed by atoms with Gasteiger partial charge in [0.05, 0.1) is 30.8 Å². The van der Waals surface area contributed by atoms with E-state index in [1.165, 1.54) is 34.5 Å². The van der Waals surface area contributed by atoms with Crippen molar-refractivity contribution in [3.63, 3.8) is 0 Å². The highest BCUT2D eigenvalue weighted by atomic mass is 32.2. The molecule has 29 heavy (non-hydrogen) atoms. The monoisotopic (exact) mass is 456 g/mol. The fourth-order valence-corrected chi connectivity index (χ4v) is 5.99. The van der Waals surface area contributed by atoms with Crippen molar-refractivity contribution in [2.24, 2.45) is 0 Å². The molecule has 158 valence electrons. The van der Waals surface area contributed by atoms with Crippen molar-refractivity contribution in [1.29, 1.82) is 0 Å². The molecule has 10 heteroatoms. The summed E-state index contributed by atoms with van der Waals surface area (Å²) in [5, 5.41) is 4.89. The number of ether oxygens (including phenoxy) is 2. The van der Waals surface area contributed by atoms with E-state index in [-0.39, 0.29) is 16.4 Å². The van der Waals surface area contributed by atoms with Crippen molar-refractivity contribution in [1.82, 2.24) is 9.62 Å². The van der Waals surface area contributed by atoms with Gasteiger partial charge in [-0.25, -0.2) is 8.42 Å². The normalized spacial score (nSPS) is 15.2. The number of hydrogen-bond acceptors (Lipinski definition) is 7. The van der Waals surface area contributed by atoms with E-state index in [9.17, 15) is 13.2 Å². The van der Waals surface area contributed by atoms with Crippen LogP contribution in [0.15, 0.2) is 40.6 Å². The molecule has 2 aromatic rings. The molecule has 0 atom stereocenters. The van der Waals surface area contributed by atoms with Crippen LogP contribution in [-0.4, -0.2) is 64.3 Å². The highest BCUT2D eigenvalue weighted by Crippen LogP contribution is 2.25. The zero-order valence-electron chi connectivity index (χ0n) is 16.1. The molecular weight excluding hydrogens is 432 g/mol. The zero-order chi connectivity index (χ0) is 20.7. The Kier molecular flexibility index (Phi) is 7.96. The molecule has 0 bridgehead atoms. The molecule has 0 spiro atoms. The van der Waals surface area contributed by atoms with Gasteiger partial charge in [0.15, 0.2) is 0 Å². The van der Waals surface area contributed by atoms with Gasteiger partial charge in [0, 0.05) is 36.0 Å². The lowest BCUT2D eigenvalue weighted by Crippen LogP contribution is -2.40. The largest absolute Gasteiger partial charge is 0.496 e. The van der Waals surface area contributed by atoms with Gasteiger partial charge in [0.25, 0.3) is 5.91 Å². The number of carbonyl (C=O) groups excluding carboxylic acids is 1. The quantitative estimate of drug-likeness (QED) is 0.584. The van der Waals surface area contributed by atoms with E-state index < -0.39 is 10.0 Å². The topological polar surface area (TPSA) is 84.9 Å². The Morgan fingerprint density at radius 2 is 2.10 bits per heavy atom. The fourth-order valence-electron chi connectivity index (χ4n) is 2.86. The van der Waals surface area contributed by atoms with Crippen LogP contribution in [0.2, 0.25) is 0 Å². The van der Waals surface area contributed by atoms with Crippen LogP contribution in [-0.2, 0) is 20.5 Å². The van der Waals surface area contributed by atoms with Gasteiger partial charge in [0.1, 0.15) is 5.75 Å². The highest BCUT2D eigenvalue weighted by Gasteiger charge is 2.28. The van der Waals surface area contributed by atoms with Gasteiger partial charge in [-0.2, -0.15) is 16.1 Å². The molecule has 1 aliphatic rings. The average molecular weight is 457 g/mol. The van der Waals surface area contributed by atoms with Crippen LogP contribution in [0.3, 0.4) is 0 Å². The number of methoxy groups -OCH3 is 1. The number of amides is 1. The van der Waals surface area contributed by atoms with Gasteiger partial charge in [-0.1, -0.05) is 6.07 Å². The van der Waals surface area contributed by atoms with Gasteiger partial charge < -0.3 is 14.8 Å². The van der Waals surface area contributed by atoms with Gasteiger partial charge >= 0.3 is 0 Å². The molecule has 7 nitrogen and oxygen atoms in total. The fraction of sp³-hybridized carbons (Fsp3) is 0.421. The molecule has 0 aliphatic carbocycles. The molecule has 1 saturated heterocycles.